The van der Waals surface area contributed by atoms with Gasteiger partial charge in [-0.25, -0.2) is 4.99 Å². The van der Waals surface area contributed by atoms with Crippen LogP contribution in [0.2, 0.25) is 0 Å². The minimum atomic E-state index is 0.222. The predicted octanol–water partition coefficient (Wildman–Crippen LogP) is 2.87. The Morgan fingerprint density at radius 2 is 2.03 bits per heavy atom. The van der Waals surface area contributed by atoms with Crippen LogP contribution in [0.3, 0.4) is 0 Å². The molecule has 1 aliphatic rings. The molecule has 3 N–H and O–H groups in total. The standard InChI is InChI=1S/C21H23N5O3/c1-15(29-18-8-6-7-17(11-18)28-3)24-20-10-5-4-9-19(20)21(22)25-26-13-16(12-23-26)14-27-2/h4-13,25H,1,14,22H2,2-3H3/b21-19+,24-20-. The summed E-state index contributed by atoms with van der Waals surface area (Å²) < 4.78 is 16.0. The lowest BCUT2D eigenvalue weighted by atomic mass is 10.1. The topological polar surface area (TPSA) is 95.9 Å². The molecule has 1 aliphatic carbocycles. The maximum absolute atomic E-state index is 6.24. The summed E-state index contributed by atoms with van der Waals surface area (Å²) in [5.74, 6) is 1.86. The second kappa shape index (κ2) is 9.43. The minimum absolute atomic E-state index is 0.222. The number of hydrogen-bond donors (Lipinski definition) is 2. The number of rotatable bonds is 8. The minimum Gasteiger partial charge on any atom is -0.497 e. The Morgan fingerprint density at radius 3 is 2.83 bits per heavy atom. The second-order valence-corrected chi connectivity index (χ2v) is 6.06. The van der Waals surface area contributed by atoms with Gasteiger partial charge < -0.3 is 19.9 Å². The highest BCUT2D eigenvalue weighted by atomic mass is 16.5. The molecular weight excluding hydrogens is 370 g/mol. The number of nitrogens with two attached hydrogens (primary N) is 1. The quantitative estimate of drug-likeness (QED) is 0.670. The van der Waals surface area contributed by atoms with Gasteiger partial charge in [0, 0.05) is 24.3 Å². The molecule has 0 saturated heterocycles. The van der Waals surface area contributed by atoms with Crippen molar-refractivity contribution in [2.75, 3.05) is 19.6 Å². The fourth-order valence-corrected chi connectivity index (χ4v) is 2.60. The third kappa shape index (κ3) is 5.36. The number of aromatic nitrogens is 2. The molecule has 8 heteroatoms. The molecule has 0 saturated carbocycles. The normalized spacial score (nSPS) is 16.0. The molecule has 0 fully saturated rings. The van der Waals surface area contributed by atoms with Crippen LogP contribution in [0.15, 0.2) is 89.8 Å². The zero-order chi connectivity index (χ0) is 20.6. The zero-order valence-electron chi connectivity index (χ0n) is 16.3. The summed E-state index contributed by atoms with van der Waals surface area (Å²) in [4.78, 5) is 5.98. The molecule has 1 aromatic carbocycles. The average Bonchev–Trinajstić information content (AvgIpc) is 3.15. The van der Waals surface area contributed by atoms with Gasteiger partial charge in [0.05, 0.1) is 31.8 Å². The maximum Gasteiger partial charge on any atom is 0.212 e. The maximum atomic E-state index is 6.24. The first-order chi connectivity index (χ1) is 14.1. The summed E-state index contributed by atoms with van der Waals surface area (Å²) in [5.41, 5.74) is 11.5. The van der Waals surface area contributed by atoms with E-state index < -0.39 is 0 Å². The second-order valence-electron chi connectivity index (χ2n) is 6.06. The number of hydrogen-bond acceptors (Lipinski definition) is 7. The van der Waals surface area contributed by atoms with Crippen LogP contribution in [-0.2, 0) is 11.3 Å². The fourth-order valence-electron chi connectivity index (χ4n) is 2.60. The van der Waals surface area contributed by atoms with Gasteiger partial charge in [0.1, 0.15) is 17.3 Å². The van der Waals surface area contributed by atoms with Gasteiger partial charge in [-0.3, -0.25) is 5.43 Å². The Labute approximate surface area is 169 Å². The SMILES string of the molecule is C=C(/N=C1/C=CC=C/C1=C(/N)Nn1cc(COC)cn1)Oc1cccc(OC)c1. The van der Waals surface area contributed by atoms with Gasteiger partial charge in [0.25, 0.3) is 0 Å². The molecule has 0 bridgehead atoms. The van der Waals surface area contributed by atoms with E-state index in [2.05, 4.69) is 22.1 Å². The van der Waals surface area contributed by atoms with Crippen LogP contribution < -0.4 is 20.6 Å². The summed E-state index contributed by atoms with van der Waals surface area (Å²) in [6.07, 6.45) is 10.9. The molecule has 0 aliphatic heterocycles. The monoisotopic (exact) mass is 393 g/mol. The molecule has 0 amide bonds. The average molecular weight is 393 g/mol. The van der Waals surface area contributed by atoms with Crippen molar-refractivity contribution in [3.8, 4) is 11.5 Å². The van der Waals surface area contributed by atoms with Gasteiger partial charge in [-0.1, -0.05) is 18.2 Å². The van der Waals surface area contributed by atoms with Crippen molar-refractivity contribution < 1.29 is 14.2 Å². The number of benzene rings is 1. The van der Waals surface area contributed by atoms with Crippen LogP contribution in [0.5, 0.6) is 11.5 Å². The summed E-state index contributed by atoms with van der Waals surface area (Å²) in [6, 6.07) is 7.21. The molecular formula is C21H23N5O3. The Bertz CT molecular complexity index is 1000. The van der Waals surface area contributed by atoms with Crippen LogP contribution in [0.25, 0.3) is 0 Å². The number of allylic oxidation sites excluding steroid dienone is 5. The van der Waals surface area contributed by atoms with Crippen molar-refractivity contribution in [2.45, 2.75) is 6.61 Å². The molecule has 1 aromatic heterocycles. The first-order valence-electron chi connectivity index (χ1n) is 8.83. The first kappa shape index (κ1) is 20.0. The number of ether oxygens (including phenoxy) is 3. The van der Waals surface area contributed by atoms with Gasteiger partial charge in [0.2, 0.25) is 5.88 Å². The van der Waals surface area contributed by atoms with Gasteiger partial charge in [-0.05, 0) is 30.9 Å². The highest BCUT2D eigenvalue weighted by molar-refractivity contribution is 6.12. The van der Waals surface area contributed by atoms with Crippen molar-refractivity contribution in [1.29, 1.82) is 0 Å². The van der Waals surface area contributed by atoms with Crippen LogP contribution in [0.4, 0.5) is 0 Å². The van der Waals surface area contributed by atoms with Crippen molar-refractivity contribution in [1.82, 2.24) is 9.89 Å². The van der Waals surface area contributed by atoms with Gasteiger partial charge in [-0.15, -0.1) is 0 Å². The summed E-state index contributed by atoms with van der Waals surface area (Å²) >= 11 is 0. The van der Waals surface area contributed by atoms with Gasteiger partial charge in [-0.2, -0.15) is 9.89 Å². The van der Waals surface area contributed by atoms with Crippen molar-refractivity contribution >= 4 is 5.71 Å². The molecule has 3 rings (SSSR count). The Balaban J connectivity index is 1.76. The summed E-state index contributed by atoms with van der Waals surface area (Å²) in [6.45, 7) is 4.34. The van der Waals surface area contributed by atoms with Crippen molar-refractivity contribution in [3.05, 3.63) is 90.4 Å². The molecule has 1 heterocycles. The molecule has 0 spiro atoms. The Hall–Kier alpha value is -3.78. The number of methoxy groups -OCH3 is 2. The van der Waals surface area contributed by atoms with E-state index in [1.165, 1.54) is 4.79 Å². The molecule has 2 aromatic rings. The van der Waals surface area contributed by atoms with E-state index in [1.807, 2.05) is 36.4 Å². The summed E-state index contributed by atoms with van der Waals surface area (Å²) in [5, 5.41) is 4.20. The van der Waals surface area contributed by atoms with Gasteiger partial charge in [0.15, 0.2) is 0 Å². The lowest BCUT2D eigenvalue weighted by Crippen LogP contribution is -2.24. The van der Waals surface area contributed by atoms with Gasteiger partial charge >= 0.3 is 0 Å². The Morgan fingerprint density at radius 1 is 1.24 bits per heavy atom. The first-order valence-corrected chi connectivity index (χ1v) is 8.83. The molecule has 8 nitrogen and oxygen atoms in total. The smallest absolute Gasteiger partial charge is 0.212 e. The lowest BCUT2D eigenvalue weighted by molar-refractivity contribution is 0.185. The molecule has 0 atom stereocenters. The highest BCUT2D eigenvalue weighted by Crippen LogP contribution is 2.21. The van der Waals surface area contributed by atoms with Crippen molar-refractivity contribution in [3.63, 3.8) is 0 Å². The van der Waals surface area contributed by atoms with E-state index in [-0.39, 0.29) is 5.88 Å². The molecule has 29 heavy (non-hydrogen) atoms. The van der Waals surface area contributed by atoms with E-state index in [0.717, 1.165) is 5.56 Å². The van der Waals surface area contributed by atoms with E-state index in [4.69, 9.17) is 19.9 Å². The highest BCUT2D eigenvalue weighted by Gasteiger charge is 2.11. The largest absolute Gasteiger partial charge is 0.497 e. The lowest BCUT2D eigenvalue weighted by Gasteiger charge is -2.14. The fraction of sp³-hybridized carbons (Fsp3) is 0.143. The molecule has 150 valence electrons. The predicted molar refractivity (Wildman–Crippen MR) is 112 cm³/mol. The molecule has 0 unspecified atom stereocenters. The zero-order valence-corrected chi connectivity index (χ0v) is 16.3. The summed E-state index contributed by atoms with van der Waals surface area (Å²) in [7, 11) is 3.22. The van der Waals surface area contributed by atoms with E-state index in [1.54, 1.807) is 38.7 Å². The van der Waals surface area contributed by atoms with E-state index >= 15 is 0 Å². The van der Waals surface area contributed by atoms with Crippen LogP contribution >= 0.6 is 0 Å². The number of nitrogens with one attached hydrogen (secondary N) is 1. The number of aliphatic imine (C=N–C) groups is 1. The van der Waals surface area contributed by atoms with Crippen molar-refractivity contribution in [2.24, 2.45) is 10.7 Å². The molecule has 0 radical (unpaired) electrons. The third-order valence-electron chi connectivity index (χ3n) is 3.90. The Kier molecular flexibility index (Phi) is 6.49. The third-order valence-corrected chi connectivity index (χ3v) is 3.90. The number of nitrogens with zero attached hydrogens (tertiary/aromatic N) is 3. The van der Waals surface area contributed by atoms with Crippen LogP contribution in [-0.4, -0.2) is 29.8 Å². The van der Waals surface area contributed by atoms with Crippen LogP contribution in [0, 0.1) is 0 Å². The van der Waals surface area contributed by atoms with E-state index in [9.17, 15) is 0 Å². The van der Waals surface area contributed by atoms with E-state index in [0.29, 0.717) is 35.2 Å². The van der Waals surface area contributed by atoms with Crippen LogP contribution in [0.1, 0.15) is 5.56 Å².